The first-order valence-electron chi connectivity index (χ1n) is 15.8. The summed E-state index contributed by atoms with van der Waals surface area (Å²) in [6, 6.07) is 21.1. The number of carbonyl (C=O) groups is 1. The highest BCUT2D eigenvalue weighted by atomic mass is 19.1. The van der Waals surface area contributed by atoms with Gasteiger partial charge in [0.05, 0.1) is 40.1 Å². The van der Waals surface area contributed by atoms with Gasteiger partial charge in [-0.05, 0) is 85.0 Å². The lowest BCUT2D eigenvalue weighted by Crippen LogP contribution is -2.23. The Labute approximate surface area is 262 Å². The number of H-pyrrole nitrogens is 1. The van der Waals surface area contributed by atoms with Crippen molar-refractivity contribution in [2.24, 2.45) is 0 Å². The predicted molar refractivity (Wildman–Crippen MR) is 169 cm³/mol. The first-order valence-corrected chi connectivity index (χ1v) is 15.8. The van der Waals surface area contributed by atoms with Crippen molar-refractivity contribution in [3.8, 4) is 22.5 Å². The van der Waals surface area contributed by atoms with Crippen LogP contribution < -0.4 is 5.76 Å². The van der Waals surface area contributed by atoms with Crippen LogP contribution in [-0.2, 0) is 19.3 Å². The van der Waals surface area contributed by atoms with Gasteiger partial charge in [0.25, 0.3) is 5.91 Å². The van der Waals surface area contributed by atoms with E-state index in [-0.39, 0.29) is 29.6 Å². The molecule has 5 heterocycles. The number of benzene rings is 3. The van der Waals surface area contributed by atoms with Crippen molar-refractivity contribution >= 4 is 16.8 Å². The van der Waals surface area contributed by atoms with Crippen molar-refractivity contribution in [3.05, 3.63) is 123 Å². The number of hydrogen-bond donors (Lipinski definition) is 1. The second kappa shape index (κ2) is 10.3. The topological polar surface area (TPSA) is 110 Å². The predicted octanol–water partition coefficient (Wildman–Crippen LogP) is 6.19. The Bertz CT molecular complexity index is 2230. The summed E-state index contributed by atoms with van der Waals surface area (Å²) in [5, 5.41) is 10.00. The minimum Gasteiger partial charge on any atom is -0.330 e. The number of carbonyl (C=O) groups excluding carboxylic acids is 1. The molecule has 0 bridgehead atoms. The summed E-state index contributed by atoms with van der Waals surface area (Å²) in [6.07, 6.45) is 6.93. The van der Waals surface area contributed by atoms with Crippen molar-refractivity contribution in [2.75, 3.05) is 6.54 Å². The molecule has 0 spiro atoms. The fourth-order valence-electron chi connectivity index (χ4n) is 7.70. The second-order valence-electron chi connectivity index (χ2n) is 12.4. The highest BCUT2D eigenvalue weighted by Crippen LogP contribution is 2.48. The van der Waals surface area contributed by atoms with Crippen LogP contribution in [0.2, 0.25) is 0 Å². The summed E-state index contributed by atoms with van der Waals surface area (Å²) in [6.45, 7) is 0.676. The van der Waals surface area contributed by atoms with Gasteiger partial charge in [-0.25, -0.2) is 9.18 Å². The molecule has 1 unspecified atom stereocenters. The van der Waals surface area contributed by atoms with Crippen LogP contribution >= 0.6 is 0 Å². The molecule has 1 N–H and O–H groups in total. The van der Waals surface area contributed by atoms with Gasteiger partial charge >= 0.3 is 5.76 Å². The van der Waals surface area contributed by atoms with Gasteiger partial charge in [0, 0.05) is 23.7 Å². The molecule has 1 aliphatic carbocycles. The lowest BCUT2D eigenvalue weighted by Gasteiger charge is -2.17. The molecule has 3 aliphatic rings. The van der Waals surface area contributed by atoms with Crippen molar-refractivity contribution in [1.82, 2.24) is 29.8 Å². The van der Waals surface area contributed by atoms with Crippen molar-refractivity contribution < 1.29 is 13.7 Å². The van der Waals surface area contributed by atoms with E-state index in [2.05, 4.69) is 51.4 Å². The Balaban J connectivity index is 1.23. The summed E-state index contributed by atoms with van der Waals surface area (Å²) in [7, 11) is 0. The SMILES string of the molecule is O=C1c2c(nc(CCc3ccc(F)cc3)c(-c3noc(=O)[nH]3)c2-c2ccc3nn(C4CCc5ccccc54)cc3c2)[C@H]2CCCN12. The number of hydrogen-bond acceptors (Lipinski definition) is 6. The lowest BCUT2D eigenvalue weighted by molar-refractivity contribution is 0.0776. The van der Waals surface area contributed by atoms with Gasteiger partial charge in [-0.1, -0.05) is 47.6 Å². The molecule has 1 saturated heterocycles. The van der Waals surface area contributed by atoms with Crippen LogP contribution in [-0.4, -0.2) is 42.3 Å². The summed E-state index contributed by atoms with van der Waals surface area (Å²) in [4.78, 5) is 36.1. The Morgan fingerprint density at radius 3 is 2.65 bits per heavy atom. The minimum atomic E-state index is -0.688. The van der Waals surface area contributed by atoms with Gasteiger partial charge in [-0.15, -0.1) is 0 Å². The maximum atomic E-state index is 14.1. The summed E-state index contributed by atoms with van der Waals surface area (Å²) < 4.78 is 20.7. The first kappa shape index (κ1) is 27.0. The molecule has 2 atom stereocenters. The summed E-state index contributed by atoms with van der Waals surface area (Å²) >= 11 is 0. The van der Waals surface area contributed by atoms with Gasteiger partial charge in [0.1, 0.15) is 5.82 Å². The molecule has 10 heteroatoms. The molecule has 2 aliphatic heterocycles. The number of halogens is 1. The van der Waals surface area contributed by atoms with E-state index in [4.69, 9.17) is 14.6 Å². The fraction of sp³-hybridized carbons (Fsp3) is 0.250. The van der Waals surface area contributed by atoms with E-state index < -0.39 is 5.76 Å². The quantitative estimate of drug-likeness (QED) is 0.240. The Kier molecular flexibility index (Phi) is 6.06. The molecule has 46 heavy (non-hydrogen) atoms. The summed E-state index contributed by atoms with van der Waals surface area (Å²) in [5.74, 6) is -0.817. The molecule has 3 aromatic heterocycles. The van der Waals surface area contributed by atoms with Crippen LogP contribution in [0.25, 0.3) is 33.4 Å². The van der Waals surface area contributed by atoms with E-state index in [9.17, 15) is 14.0 Å². The molecule has 9 nitrogen and oxygen atoms in total. The van der Waals surface area contributed by atoms with E-state index in [1.807, 2.05) is 17.0 Å². The average molecular weight is 613 g/mol. The smallest absolute Gasteiger partial charge is 0.330 e. The summed E-state index contributed by atoms with van der Waals surface area (Å²) in [5.41, 5.74) is 8.54. The van der Waals surface area contributed by atoms with Gasteiger partial charge in [-0.3, -0.25) is 24.0 Å². The van der Waals surface area contributed by atoms with E-state index in [0.717, 1.165) is 53.4 Å². The number of nitrogens with one attached hydrogen (secondary N) is 1. The Hall–Kier alpha value is -5.38. The number of rotatable bonds is 6. The van der Waals surface area contributed by atoms with E-state index in [0.29, 0.717) is 41.8 Å². The van der Waals surface area contributed by atoms with Crippen molar-refractivity contribution in [2.45, 2.75) is 50.6 Å². The molecular formula is C36H29FN6O3. The van der Waals surface area contributed by atoms with Gasteiger partial charge in [-0.2, -0.15) is 5.10 Å². The highest BCUT2D eigenvalue weighted by molar-refractivity contribution is 6.08. The maximum absolute atomic E-state index is 14.1. The number of aromatic amines is 1. The molecule has 1 amide bonds. The Morgan fingerprint density at radius 1 is 0.935 bits per heavy atom. The van der Waals surface area contributed by atoms with Crippen LogP contribution in [0.4, 0.5) is 4.39 Å². The highest BCUT2D eigenvalue weighted by Gasteiger charge is 2.44. The molecule has 228 valence electrons. The maximum Gasteiger partial charge on any atom is 0.439 e. The third-order valence-electron chi connectivity index (χ3n) is 9.82. The number of pyridine rings is 1. The monoisotopic (exact) mass is 612 g/mol. The third-order valence-corrected chi connectivity index (χ3v) is 9.82. The zero-order chi connectivity index (χ0) is 30.9. The van der Waals surface area contributed by atoms with E-state index in [1.165, 1.54) is 23.3 Å². The van der Waals surface area contributed by atoms with Crippen molar-refractivity contribution in [3.63, 3.8) is 0 Å². The minimum absolute atomic E-state index is 0.0597. The first-order chi connectivity index (χ1) is 22.5. The normalized spacial score (nSPS) is 18.4. The molecule has 0 saturated carbocycles. The molecule has 3 aromatic carbocycles. The van der Waals surface area contributed by atoms with E-state index in [1.54, 1.807) is 12.1 Å². The fourth-order valence-corrected chi connectivity index (χ4v) is 7.70. The van der Waals surface area contributed by atoms with Gasteiger partial charge in [0.15, 0.2) is 5.82 Å². The second-order valence-corrected chi connectivity index (χ2v) is 12.4. The molecule has 9 rings (SSSR count). The number of fused-ring (bicyclic) bond motifs is 5. The lowest BCUT2D eigenvalue weighted by atomic mass is 9.89. The van der Waals surface area contributed by atoms with Gasteiger partial charge in [0.2, 0.25) is 0 Å². The average Bonchev–Trinajstić information content (AvgIpc) is 3.90. The Morgan fingerprint density at radius 2 is 1.80 bits per heavy atom. The molecule has 1 fully saturated rings. The number of aryl methyl sites for hydroxylation is 3. The molecule has 6 aromatic rings. The zero-order valence-corrected chi connectivity index (χ0v) is 24.9. The standard InChI is InChI=1S/C36H29FN6O3/c37-24-12-7-20(8-13-24)9-14-27-31(34-39-36(45)46-41-34)30(32-33(38-27)29-6-3-17-42(29)35(32)44)22-10-15-26-23(18-22)19-43(40-26)28-16-11-21-4-1-2-5-25(21)28/h1-2,4-5,7-8,10,12-13,15,18-19,28-29H,3,6,9,11,14,16-17H2,(H,39,41,45)/t28?,29-/m1/s1. The van der Waals surface area contributed by atoms with Crippen LogP contribution in [0.1, 0.15) is 69.8 Å². The number of nitrogens with zero attached hydrogens (tertiary/aromatic N) is 5. The van der Waals surface area contributed by atoms with Gasteiger partial charge < -0.3 is 4.90 Å². The van der Waals surface area contributed by atoms with Crippen LogP contribution in [0.5, 0.6) is 0 Å². The van der Waals surface area contributed by atoms with E-state index >= 15 is 0 Å². The number of aromatic nitrogens is 5. The number of amides is 1. The van der Waals surface area contributed by atoms with Crippen molar-refractivity contribution in [1.29, 1.82) is 0 Å². The van der Waals surface area contributed by atoms with Crippen LogP contribution in [0, 0.1) is 5.82 Å². The van der Waals surface area contributed by atoms with Crippen LogP contribution in [0.15, 0.2) is 82.2 Å². The molecular weight excluding hydrogens is 583 g/mol. The largest absolute Gasteiger partial charge is 0.439 e. The third kappa shape index (κ3) is 4.23. The molecule has 0 radical (unpaired) electrons. The zero-order valence-electron chi connectivity index (χ0n) is 24.9. The van der Waals surface area contributed by atoms with Crippen LogP contribution in [0.3, 0.4) is 0 Å².